The van der Waals surface area contributed by atoms with Crippen molar-refractivity contribution in [2.75, 3.05) is 6.61 Å². The quantitative estimate of drug-likeness (QED) is 0.655. The van der Waals surface area contributed by atoms with Crippen LogP contribution in [0.4, 0.5) is 13.2 Å². The fourth-order valence-corrected chi connectivity index (χ4v) is 1.22. The molecule has 0 aliphatic heterocycles. The van der Waals surface area contributed by atoms with Gasteiger partial charge >= 0.3 is 6.18 Å². The van der Waals surface area contributed by atoms with Gasteiger partial charge in [0.2, 0.25) is 0 Å². The van der Waals surface area contributed by atoms with Gasteiger partial charge in [0.15, 0.2) is 5.60 Å². The summed E-state index contributed by atoms with van der Waals surface area (Å²) in [6.45, 7) is -0.802. The van der Waals surface area contributed by atoms with E-state index in [0.29, 0.717) is 13.0 Å². The lowest BCUT2D eigenvalue weighted by molar-refractivity contribution is -0.263. The minimum Gasteiger partial charge on any atom is -0.393 e. The fraction of sp³-hybridized carbons (Fsp3) is 1.00. The van der Waals surface area contributed by atoms with Gasteiger partial charge in [-0.25, -0.2) is 0 Å². The molecule has 3 nitrogen and oxygen atoms in total. The van der Waals surface area contributed by atoms with Crippen LogP contribution in [0.25, 0.3) is 0 Å². The third kappa shape index (κ3) is 5.67. The highest BCUT2D eigenvalue weighted by atomic mass is 19.4. The standard InChI is InChI=1S/C6H13N.C4H7F3O2/c7-6-4-2-1-3-5-6;1-3(9,2-8)4(5,6)7/h6H,1-5,7H2;8-9H,2H2,1H3. The van der Waals surface area contributed by atoms with Crippen molar-refractivity contribution in [1.29, 1.82) is 0 Å². The Morgan fingerprint density at radius 2 is 1.62 bits per heavy atom. The van der Waals surface area contributed by atoms with Crippen molar-refractivity contribution in [3.8, 4) is 0 Å². The minimum atomic E-state index is -4.75. The van der Waals surface area contributed by atoms with E-state index in [4.69, 9.17) is 15.9 Å². The van der Waals surface area contributed by atoms with Gasteiger partial charge in [0.1, 0.15) is 0 Å². The van der Waals surface area contributed by atoms with Gasteiger partial charge in [-0.15, -0.1) is 0 Å². The largest absolute Gasteiger partial charge is 0.419 e. The molecule has 6 heteroatoms. The molecule has 1 unspecified atom stereocenters. The Bertz CT molecular complexity index is 189. The maximum absolute atomic E-state index is 11.4. The second-order valence-electron chi connectivity index (χ2n) is 4.33. The minimum absolute atomic E-state index is 0.507. The summed E-state index contributed by atoms with van der Waals surface area (Å²) in [6.07, 6.45) is 1.91. The topological polar surface area (TPSA) is 66.5 Å². The van der Waals surface area contributed by atoms with Gasteiger partial charge in [0.05, 0.1) is 6.61 Å². The lowest BCUT2D eigenvalue weighted by atomic mass is 9.97. The van der Waals surface area contributed by atoms with Crippen LogP contribution in [-0.2, 0) is 0 Å². The lowest BCUT2D eigenvalue weighted by Crippen LogP contribution is -2.45. The lowest BCUT2D eigenvalue weighted by Gasteiger charge is -2.22. The zero-order valence-corrected chi connectivity index (χ0v) is 9.43. The molecule has 16 heavy (non-hydrogen) atoms. The molecule has 1 aliphatic rings. The Hall–Kier alpha value is -0.330. The molecule has 0 heterocycles. The summed E-state index contributed by atoms with van der Waals surface area (Å²) in [5, 5.41) is 16.2. The number of nitrogens with two attached hydrogens (primary N) is 1. The Morgan fingerprint density at radius 3 is 1.75 bits per heavy atom. The molecular weight excluding hydrogens is 223 g/mol. The van der Waals surface area contributed by atoms with Crippen molar-refractivity contribution in [3.05, 3.63) is 0 Å². The first-order valence-electron chi connectivity index (χ1n) is 5.36. The molecule has 1 aliphatic carbocycles. The molecule has 98 valence electrons. The maximum atomic E-state index is 11.4. The van der Waals surface area contributed by atoms with Crippen LogP contribution in [0.5, 0.6) is 0 Å². The Morgan fingerprint density at radius 1 is 1.19 bits per heavy atom. The molecule has 0 bridgehead atoms. The average molecular weight is 243 g/mol. The van der Waals surface area contributed by atoms with Crippen LogP contribution in [-0.4, -0.2) is 34.6 Å². The van der Waals surface area contributed by atoms with Crippen LogP contribution in [0.3, 0.4) is 0 Å². The first-order valence-corrected chi connectivity index (χ1v) is 5.36. The van der Waals surface area contributed by atoms with Gasteiger partial charge in [0.25, 0.3) is 0 Å². The van der Waals surface area contributed by atoms with Crippen molar-refractivity contribution in [2.24, 2.45) is 5.73 Å². The maximum Gasteiger partial charge on any atom is 0.419 e. The van der Waals surface area contributed by atoms with Gasteiger partial charge in [-0.2, -0.15) is 13.2 Å². The van der Waals surface area contributed by atoms with Crippen LogP contribution in [0.2, 0.25) is 0 Å². The van der Waals surface area contributed by atoms with Crippen LogP contribution < -0.4 is 5.73 Å². The first kappa shape index (κ1) is 15.7. The molecule has 1 rings (SSSR count). The van der Waals surface area contributed by atoms with E-state index < -0.39 is 18.4 Å². The molecule has 1 atom stereocenters. The number of aliphatic hydroxyl groups excluding tert-OH is 1. The Kier molecular flexibility index (Phi) is 6.28. The van der Waals surface area contributed by atoms with Crippen LogP contribution in [0, 0.1) is 0 Å². The van der Waals surface area contributed by atoms with E-state index in [1.54, 1.807) is 0 Å². The highest BCUT2D eigenvalue weighted by Gasteiger charge is 2.49. The third-order valence-corrected chi connectivity index (χ3v) is 2.57. The van der Waals surface area contributed by atoms with Crippen molar-refractivity contribution in [1.82, 2.24) is 0 Å². The number of halogens is 3. The molecule has 0 aromatic rings. The van der Waals surface area contributed by atoms with Crippen LogP contribution in [0.15, 0.2) is 0 Å². The molecule has 0 aromatic carbocycles. The molecule has 4 N–H and O–H groups in total. The van der Waals surface area contributed by atoms with E-state index in [0.717, 1.165) is 0 Å². The predicted molar refractivity (Wildman–Crippen MR) is 54.8 cm³/mol. The molecule has 1 saturated carbocycles. The summed E-state index contributed by atoms with van der Waals surface area (Å²) >= 11 is 0. The van der Waals surface area contributed by atoms with E-state index in [1.165, 1.54) is 32.1 Å². The molecule has 1 fully saturated rings. The zero-order valence-electron chi connectivity index (χ0n) is 9.43. The summed E-state index contributed by atoms with van der Waals surface area (Å²) < 4.78 is 34.3. The molecule has 0 amide bonds. The second kappa shape index (κ2) is 6.42. The van der Waals surface area contributed by atoms with E-state index in [9.17, 15) is 13.2 Å². The zero-order chi connectivity index (χ0) is 12.8. The number of rotatable bonds is 1. The fourth-order valence-electron chi connectivity index (χ4n) is 1.22. The second-order valence-corrected chi connectivity index (χ2v) is 4.33. The molecule has 0 radical (unpaired) electrons. The average Bonchev–Trinajstić information content (AvgIpc) is 2.18. The van der Waals surface area contributed by atoms with Gasteiger partial charge in [-0.1, -0.05) is 19.3 Å². The van der Waals surface area contributed by atoms with E-state index in [1.807, 2.05) is 0 Å². The smallest absolute Gasteiger partial charge is 0.393 e. The molecular formula is C10H20F3NO2. The van der Waals surface area contributed by atoms with Crippen LogP contribution >= 0.6 is 0 Å². The van der Waals surface area contributed by atoms with E-state index >= 15 is 0 Å². The van der Waals surface area contributed by atoms with Crippen molar-refractivity contribution >= 4 is 0 Å². The molecule has 0 saturated heterocycles. The monoisotopic (exact) mass is 243 g/mol. The Labute approximate surface area is 93.4 Å². The predicted octanol–water partition coefficient (Wildman–Crippen LogP) is 1.57. The summed E-state index contributed by atoms with van der Waals surface area (Å²) in [6, 6.07) is 0.536. The van der Waals surface area contributed by atoms with Crippen LogP contribution in [0.1, 0.15) is 39.0 Å². The summed E-state index contributed by atoms with van der Waals surface area (Å²) in [7, 11) is 0. The van der Waals surface area contributed by atoms with Gasteiger partial charge in [0, 0.05) is 6.04 Å². The highest BCUT2D eigenvalue weighted by Crippen LogP contribution is 2.28. The Balaban J connectivity index is 0.000000288. The number of aliphatic hydroxyl groups is 2. The number of hydrogen-bond acceptors (Lipinski definition) is 3. The van der Waals surface area contributed by atoms with Crippen molar-refractivity contribution in [2.45, 2.75) is 56.8 Å². The first-order chi connectivity index (χ1) is 7.20. The highest BCUT2D eigenvalue weighted by molar-refractivity contribution is 4.79. The third-order valence-electron chi connectivity index (χ3n) is 2.57. The molecule has 0 spiro atoms. The number of hydrogen-bond donors (Lipinski definition) is 3. The van der Waals surface area contributed by atoms with Gasteiger partial charge in [-0.05, 0) is 19.8 Å². The van der Waals surface area contributed by atoms with E-state index in [2.05, 4.69) is 0 Å². The van der Waals surface area contributed by atoms with Crippen molar-refractivity contribution in [3.63, 3.8) is 0 Å². The van der Waals surface area contributed by atoms with Crippen molar-refractivity contribution < 1.29 is 23.4 Å². The summed E-state index contributed by atoms with van der Waals surface area (Å²) in [5.74, 6) is 0. The summed E-state index contributed by atoms with van der Waals surface area (Å²) in [5.41, 5.74) is 2.67. The molecule has 0 aromatic heterocycles. The normalized spacial score (nSPS) is 21.9. The van der Waals surface area contributed by atoms with Gasteiger partial charge in [-0.3, -0.25) is 0 Å². The SMILES string of the molecule is CC(O)(CO)C(F)(F)F.NC1CCCCC1. The number of alkyl halides is 3. The summed E-state index contributed by atoms with van der Waals surface area (Å²) in [4.78, 5) is 0. The van der Waals surface area contributed by atoms with E-state index in [-0.39, 0.29) is 0 Å². The van der Waals surface area contributed by atoms with Gasteiger partial charge < -0.3 is 15.9 Å².